The molecule has 0 bridgehead atoms. The first kappa shape index (κ1) is 30.4. The van der Waals surface area contributed by atoms with Gasteiger partial charge in [-0.1, -0.05) is 54.1 Å². The maximum absolute atomic E-state index is 12.9. The number of nitrogens with one attached hydrogen (secondary N) is 2. The molecule has 3 aromatic rings. The molecule has 3 N–H and O–H groups in total. The Morgan fingerprint density at radius 3 is 2.41 bits per heavy atom. The number of aliphatic hydroxyl groups is 1. The third-order valence-electron chi connectivity index (χ3n) is 7.48. The minimum absolute atomic E-state index is 0.0867. The zero-order valence-corrected chi connectivity index (χ0v) is 24.7. The molecule has 218 valence electrons. The smallest absolute Gasteiger partial charge is 0.411 e. The van der Waals surface area contributed by atoms with Crippen LogP contribution in [0.3, 0.4) is 0 Å². The van der Waals surface area contributed by atoms with E-state index in [0.717, 1.165) is 47.1 Å². The fraction of sp³-hybridized carbons (Fsp3) is 0.375. The van der Waals surface area contributed by atoms with Gasteiger partial charge in [0, 0.05) is 36.5 Å². The Kier molecular flexibility index (Phi) is 10.3. The summed E-state index contributed by atoms with van der Waals surface area (Å²) in [4.78, 5) is 25.6. The molecule has 1 fully saturated rings. The highest BCUT2D eigenvalue weighted by Crippen LogP contribution is 2.32. The van der Waals surface area contributed by atoms with Crippen LogP contribution in [-0.4, -0.2) is 62.0 Å². The lowest BCUT2D eigenvalue weighted by Crippen LogP contribution is -2.48. The number of carbonyl (C=O) groups is 2. The van der Waals surface area contributed by atoms with Gasteiger partial charge in [0.25, 0.3) is 0 Å². The van der Waals surface area contributed by atoms with Gasteiger partial charge in [-0.25, -0.2) is 4.79 Å². The molecule has 0 aromatic heterocycles. The molecule has 0 saturated carbocycles. The third kappa shape index (κ3) is 8.45. The molecule has 4 rings (SSSR count). The van der Waals surface area contributed by atoms with Crippen LogP contribution in [0.25, 0.3) is 11.1 Å². The van der Waals surface area contributed by atoms with Gasteiger partial charge in [-0.05, 0) is 36.1 Å². The topological polar surface area (TPSA) is 96.9 Å². The van der Waals surface area contributed by atoms with Crippen LogP contribution in [0.15, 0.2) is 60.7 Å². The average molecular weight is 581 g/mol. The molecule has 9 heteroatoms. The summed E-state index contributed by atoms with van der Waals surface area (Å²) in [5, 5.41) is 15.6. The van der Waals surface area contributed by atoms with Gasteiger partial charge in [-0.15, -0.1) is 0 Å². The number of nitrogens with zero attached hydrogens (tertiary/aromatic N) is 1. The normalized spacial score (nSPS) is 14.8. The number of hydrogen-bond donors (Lipinski definition) is 3. The van der Waals surface area contributed by atoms with Crippen molar-refractivity contribution in [3.05, 3.63) is 76.8 Å². The van der Waals surface area contributed by atoms with Crippen LogP contribution in [0, 0.1) is 0 Å². The summed E-state index contributed by atoms with van der Waals surface area (Å²) in [5.41, 5.74) is 4.55. The van der Waals surface area contributed by atoms with Crippen molar-refractivity contribution in [3.8, 4) is 16.9 Å². The van der Waals surface area contributed by atoms with Crippen LogP contribution < -0.4 is 15.4 Å². The van der Waals surface area contributed by atoms with E-state index in [4.69, 9.17) is 21.1 Å². The second-order valence-electron chi connectivity index (χ2n) is 11.1. The Morgan fingerprint density at radius 1 is 1.00 bits per heavy atom. The largest absolute Gasteiger partial charge is 0.496 e. The highest BCUT2D eigenvalue weighted by Gasteiger charge is 2.28. The van der Waals surface area contributed by atoms with E-state index in [-0.39, 0.29) is 25.0 Å². The predicted molar refractivity (Wildman–Crippen MR) is 162 cm³/mol. The van der Waals surface area contributed by atoms with Gasteiger partial charge in [-0.3, -0.25) is 10.1 Å². The first-order valence-corrected chi connectivity index (χ1v) is 14.3. The number of quaternary nitrogens is 1. The number of aryl methyl sites for hydroxylation is 1. The van der Waals surface area contributed by atoms with Crippen molar-refractivity contribution in [2.45, 2.75) is 44.8 Å². The summed E-state index contributed by atoms with van der Waals surface area (Å²) < 4.78 is 12.0. The van der Waals surface area contributed by atoms with E-state index >= 15 is 0 Å². The molecule has 1 aliphatic rings. The fourth-order valence-corrected chi connectivity index (χ4v) is 5.27. The van der Waals surface area contributed by atoms with Gasteiger partial charge in [0.05, 0.1) is 57.3 Å². The van der Waals surface area contributed by atoms with E-state index in [2.05, 4.69) is 24.7 Å². The van der Waals surface area contributed by atoms with Crippen molar-refractivity contribution in [2.75, 3.05) is 44.9 Å². The van der Waals surface area contributed by atoms with Gasteiger partial charge < -0.3 is 24.4 Å². The zero-order valence-electron chi connectivity index (χ0n) is 23.9. The van der Waals surface area contributed by atoms with Crippen molar-refractivity contribution in [1.82, 2.24) is 0 Å². The summed E-state index contributed by atoms with van der Waals surface area (Å²) in [5.74, 6) is 0.276. The number of likely N-dealkylation sites (tertiary alicyclic amines) is 1. The number of piperidine rings is 1. The molecule has 0 radical (unpaired) electrons. The number of anilines is 2. The number of benzene rings is 3. The lowest BCUT2D eigenvalue weighted by molar-refractivity contribution is -0.896. The molecule has 0 aliphatic carbocycles. The van der Waals surface area contributed by atoms with Crippen LogP contribution >= 0.6 is 11.6 Å². The second kappa shape index (κ2) is 13.9. The highest BCUT2D eigenvalue weighted by atomic mass is 35.5. The lowest BCUT2D eigenvalue weighted by atomic mass is 9.99. The number of aliphatic hydroxyl groups excluding tert-OH is 1. The molecule has 1 saturated heterocycles. The van der Waals surface area contributed by atoms with E-state index in [1.54, 1.807) is 12.1 Å². The van der Waals surface area contributed by atoms with Crippen molar-refractivity contribution in [3.63, 3.8) is 0 Å². The lowest BCUT2D eigenvalue weighted by Gasteiger charge is -2.36. The maximum Gasteiger partial charge on any atom is 0.411 e. The molecule has 2 amide bonds. The van der Waals surface area contributed by atoms with Crippen molar-refractivity contribution < 1.29 is 28.7 Å². The van der Waals surface area contributed by atoms with Gasteiger partial charge in [0.2, 0.25) is 5.91 Å². The van der Waals surface area contributed by atoms with Gasteiger partial charge in [0.1, 0.15) is 11.9 Å². The van der Waals surface area contributed by atoms with Gasteiger partial charge in [0.15, 0.2) is 0 Å². The van der Waals surface area contributed by atoms with E-state index in [9.17, 15) is 14.7 Å². The molecule has 1 aliphatic heterocycles. The van der Waals surface area contributed by atoms with E-state index in [0.29, 0.717) is 40.6 Å². The number of amides is 2. The average Bonchev–Trinajstić information content (AvgIpc) is 2.95. The quantitative estimate of drug-likeness (QED) is 0.246. The van der Waals surface area contributed by atoms with Crippen LogP contribution in [0.1, 0.15) is 36.8 Å². The molecular weight excluding hydrogens is 542 g/mol. The van der Waals surface area contributed by atoms with Crippen LogP contribution in [0.5, 0.6) is 5.75 Å². The van der Waals surface area contributed by atoms with Crippen molar-refractivity contribution in [2.24, 2.45) is 0 Å². The summed E-state index contributed by atoms with van der Waals surface area (Å²) in [6, 6.07) is 19.1. The second-order valence-corrected chi connectivity index (χ2v) is 11.5. The molecule has 8 nitrogen and oxygen atoms in total. The van der Waals surface area contributed by atoms with Crippen molar-refractivity contribution >= 4 is 35.0 Å². The number of methoxy groups -OCH3 is 1. The first-order valence-electron chi connectivity index (χ1n) is 13.9. The predicted octanol–water partition coefficient (Wildman–Crippen LogP) is 6.26. The summed E-state index contributed by atoms with van der Waals surface area (Å²) in [6.07, 6.45) is 2.67. The van der Waals surface area contributed by atoms with Crippen LogP contribution in [0.2, 0.25) is 5.02 Å². The van der Waals surface area contributed by atoms with Crippen LogP contribution in [0.4, 0.5) is 16.2 Å². The summed E-state index contributed by atoms with van der Waals surface area (Å²) >= 11 is 6.28. The standard InChI is InChI=1S/C32H38ClN3O5/c1-36(2)16-14-25(15-17-36)41-32(39)35-28-18-22(12-13-26(28)23-9-5-4-6-10-23)8-7-11-31(38)34-29-20-30(40-3)24(21-37)19-27(29)33/h4-6,9-10,12-13,18-20,25,37H,7-8,11,14-17,21H2,1-3H3,(H-,34,35,38,39)/p+1. The number of ether oxygens (including phenoxy) is 2. The number of rotatable bonds is 10. The molecule has 0 atom stereocenters. The minimum atomic E-state index is -0.449. The third-order valence-corrected chi connectivity index (χ3v) is 7.79. The molecule has 3 aromatic carbocycles. The number of halogens is 1. The summed E-state index contributed by atoms with van der Waals surface area (Å²) in [6.45, 7) is 1.74. The maximum atomic E-state index is 12.9. The number of hydrogen-bond acceptors (Lipinski definition) is 5. The zero-order chi connectivity index (χ0) is 29.4. The summed E-state index contributed by atoms with van der Waals surface area (Å²) in [7, 11) is 5.88. The Morgan fingerprint density at radius 2 is 1.73 bits per heavy atom. The van der Waals surface area contributed by atoms with Crippen molar-refractivity contribution in [1.29, 1.82) is 0 Å². The van der Waals surface area contributed by atoms with Gasteiger partial charge >= 0.3 is 6.09 Å². The van der Waals surface area contributed by atoms with E-state index < -0.39 is 6.09 Å². The SMILES string of the molecule is COc1cc(NC(=O)CCCc2ccc(-c3ccccc3)c(NC(=O)OC3CC[N+](C)(C)CC3)c2)c(Cl)cc1CO. The first-order chi connectivity index (χ1) is 19.7. The minimum Gasteiger partial charge on any atom is -0.496 e. The Hall–Kier alpha value is -3.59. The van der Waals surface area contributed by atoms with E-state index in [1.807, 2.05) is 48.5 Å². The molecule has 0 unspecified atom stereocenters. The van der Waals surface area contributed by atoms with Crippen LogP contribution in [-0.2, 0) is 22.6 Å². The number of carbonyl (C=O) groups excluding carboxylic acids is 2. The fourth-order valence-electron chi connectivity index (χ4n) is 5.04. The highest BCUT2D eigenvalue weighted by molar-refractivity contribution is 6.33. The monoisotopic (exact) mass is 580 g/mol. The Bertz CT molecular complexity index is 1350. The molecule has 41 heavy (non-hydrogen) atoms. The van der Waals surface area contributed by atoms with Gasteiger partial charge in [-0.2, -0.15) is 0 Å². The molecule has 1 heterocycles. The van der Waals surface area contributed by atoms with E-state index in [1.165, 1.54) is 7.11 Å². The Balaban J connectivity index is 1.39. The molecular formula is C32H39ClN3O5+. The molecule has 0 spiro atoms. The Labute approximate surface area is 246 Å².